The third kappa shape index (κ3) is 6.27. The van der Waals surface area contributed by atoms with Crippen molar-refractivity contribution in [2.24, 2.45) is 0 Å². The topological polar surface area (TPSA) is 55.4 Å². The average molecular weight is 357 g/mol. The molecule has 0 radical (unpaired) electrons. The molecule has 2 atom stereocenters. The van der Waals surface area contributed by atoms with Gasteiger partial charge >= 0.3 is 5.97 Å². The van der Waals surface area contributed by atoms with Crippen molar-refractivity contribution in [1.82, 2.24) is 5.32 Å². The van der Waals surface area contributed by atoms with Gasteiger partial charge in [0.2, 0.25) is 0 Å². The van der Waals surface area contributed by atoms with Crippen LogP contribution in [0.1, 0.15) is 25.0 Å². The van der Waals surface area contributed by atoms with Crippen LogP contribution in [0.4, 0.5) is 0 Å². The lowest BCUT2D eigenvalue weighted by Gasteiger charge is -2.16. The fraction of sp³-hybridized carbons (Fsp3) is 0.300. The first-order valence-electron chi connectivity index (χ1n) is 8.21. The maximum atomic E-state index is 12.2. The maximum absolute atomic E-state index is 12.2. The zero-order valence-corrected chi connectivity index (χ0v) is 15.5. The molecule has 5 heteroatoms. The molecule has 0 saturated heterocycles. The highest BCUT2D eigenvalue weighted by atomic mass is 32.2. The number of ether oxygens (including phenoxy) is 1. The molecule has 0 unspecified atom stereocenters. The summed E-state index contributed by atoms with van der Waals surface area (Å²) in [5.41, 5.74) is 2.17. The first-order valence-corrected chi connectivity index (χ1v) is 9.09. The molecule has 1 N–H and O–H groups in total. The molecule has 0 aromatic heterocycles. The normalized spacial score (nSPS) is 12.9. The van der Waals surface area contributed by atoms with Gasteiger partial charge in [-0.15, -0.1) is 11.8 Å². The van der Waals surface area contributed by atoms with E-state index in [1.165, 1.54) is 17.3 Å². The second kappa shape index (κ2) is 9.28. The van der Waals surface area contributed by atoms with E-state index in [9.17, 15) is 9.59 Å². The van der Waals surface area contributed by atoms with Crippen molar-refractivity contribution >= 4 is 23.6 Å². The smallest absolute Gasteiger partial charge is 0.319 e. The lowest BCUT2D eigenvalue weighted by atomic mass is 10.1. The van der Waals surface area contributed by atoms with Gasteiger partial charge < -0.3 is 10.1 Å². The van der Waals surface area contributed by atoms with Crippen LogP contribution in [0.2, 0.25) is 0 Å². The van der Waals surface area contributed by atoms with Crippen molar-refractivity contribution in [2.45, 2.75) is 43.6 Å². The highest BCUT2D eigenvalue weighted by Crippen LogP contribution is 2.23. The van der Waals surface area contributed by atoms with Crippen molar-refractivity contribution in [1.29, 1.82) is 0 Å². The van der Waals surface area contributed by atoms with Crippen LogP contribution < -0.4 is 5.32 Å². The molecule has 0 fully saturated rings. The second-order valence-electron chi connectivity index (χ2n) is 5.86. The molecule has 0 saturated carbocycles. The second-order valence-corrected chi connectivity index (χ2v) is 7.27. The highest BCUT2D eigenvalue weighted by Gasteiger charge is 2.22. The number of aryl methyl sites for hydroxylation is 1. The molecule has 0 aliphatic carbocycles. The Balaban J connectivity index is 1.79. The molecule has 0 spiro atoms. The maximum Gasteiger partial charge on any atom is 0.319 e. The molecule has 0 aliphatic rings. The Morgan fingerprint density at radius 2 is 1.68 bits per heavy atom. The zero-order chi connectivity index (χ0) is 18.2. The third-order valence-corrected chi connectivity index (χ3v) is 4.73. The third-order valence-electron chi connectivity index (χ3n) is 3.64. The van der Waals surface area contributed by atoms with E-state index in [0.717, 1.165) is 10.5 Å². The number of carbonyl (C=O) groups is 2. The van der Waals surface area contributed by atoms with E-state index in [0.29, 0.717) is 6.54 Å². The van der Waals surface area contributed by atoms with E-state index in [1.807, 2.05) is 61.5 Å². The number of nitrogens with one attached hydrogen (secondary N) is 1. The van der Waals surface area contributed by atoms with Crippen LogP contribution in [0.5, 0.6) is 0 Å². The predicted molar refractivity (Wildman–Crippen MR) is 100 cm³/mol. The number of amides is 1. The Labute approximate surface area is 153 Å². The van der Waals surface area contributed by atoms with Gasteiger partial charge in [0.15, 0.2) is 6.10 Å². The van der Waals surface area contributed by atoms with Gasteiger partial charge in [-0.1, -0.05) is 48.0 Å². The minimum absolute atomic E-state index is 0.300. The van der Waals surface area contributed by atoms with Crippen molar-refractivity contribution in [3.63, 3.8) is 0 Å². The fourth-order valence-electron chi connectivity index (χ4n) is 2.11. The molecular formula is C20H23NO3S. The SMILES string of the molecule is Cc1ccc(CNC(=O)[C@H](C)OC(=O)[C@H](C)Sc2ccccc2)cc1. The van der Waals surface area contributed by atoms with Crippen LogP contribution in [0, 0.1) is 6.92 Å². The van der Waals surface area contributed by atoms with Crippen LogP contribution in [0.3, 0.4) is 0 Å². The molecule has 0 aliphatic heterocycles. The van der Waals surface area contributed by atoms with Gasteiger partial charge in [-0.2, -0.15) is 0 Å². The van der Waals surface area contributed by atoms with Gasteiger partial charge in [-0.25, -0.2) is 0 Å². The molecule has 25 heavy (non-hydrogen) atoms. The van der Waals surface area contributed by atoms with E-state index in [2.05, 4.69) is 5.32 Å². The lowest BCUT2D eigenvalue weighted by Crippen LogP contribution is -2.36. The van der Waals surface area contributed by atoms with Gasteiger partial charge in [0.1, 0.15) is 5.25 Å². The molecule has 1 amide bonds. The quantitative estimate of drug-likeness (QED) is 0.606. The van der Waals surface area contributed by atoms with Crippen LogP contribution in [-0.2, 0) is 20.9 Å². The fourth-order valence-corrected chi connectivity index (χ4v) is 2.99. The molecular weight excluding hydrogens is 334 g/mol. The van der Waals surface area contributed by atoms with Crippen LogP contribution in [0.15, 0.2) is 59.5 Å². The molecule has 2 rings (SSSR count). The standard InChI is InChI=1S/C20H23NO3S/c1-14-9-11-17(12-10-14)13-21-19(22)15(2)24-20(23)16(3)25-18-7-5-4-6-8-18/h4-12,15-16H,13H2,1-3H3,(H,21,22)/t15-,16-/m0/s1. The first-order chi connectivity index (χ1) is 12.0. The zero-order valence-electron chi connectivity index (χ0n) is 14.7. The van der Waals surface area contributed by atoms with Gasteiger partial charge in [0.25, 0.3) is 5.91 Å². The monoisotopic (exact) mass is 357 g/mol. The van der Waals surface area contributed by atoms with E-state index in [1.54, 1.807) is 13.8 Å². The number of hydrogen-bond acceptors (Lipinski definition) is 4. The van der Waals surface area contributed by atoms with Crippen molar-refractivity contribution in [3.8, 4) is 0 Å². The minimum Gasteiger partial charge on any atom is -0.452 e. The lowest BCUT2D eigenvalue weighted by molar-refractivity contribution is -0.154. The summed E-state index contributed by atoms with van der Waals surface area (Å²) in [4.78, 5) is 25.2. The molecule has 132 valence electrons. The minimum atomic E-state index is -0.822. The summed E-state index contributed by atoms with van der Waals surface area (Å²) in [6, 6.07) is 17.5. The Hall–Kier alpha value is -2.27. The summed E-state index contributed by atoms with van der Waals surface area (Å²) < 4.78 is 5.28. The predicted octanol–water partition coefficient (Wildman–Crippen LogP) is 3.72. The molecule has 2 aromatic carbocycles. The van der Waals surface area contributed by atoms with Crippen LogP contribution in [0.25, 0.3) is 0 Å². The van der Waals surface area contributed by atoms with Gasteiger partial charge in [0, 0.05) is 11.4 Å². The largest absolute Gasteiger partial charge is 0.452 e. The van der Waals surface area contributed by atoms with E-state index in [-0.39, 0.29) is 11.2 Å². The van der Waals surface area contributed by atoms with E-state index < -0.39 is 12.1 Å². The van der Waals surface area contributed by atoms with Gasteiger partial charge in [-0.05, 0) is 38.5 Å². The number of benzene rings is 2. The molecule has 0 heterocycles. The summed E-state index contributed by atoms with van der Waals surface area (Å²) in [6.45, 7) is 5.78. The van der Waals surface area contributed by atoms with E-state index in [4.69, 9.17) is 4.74 Å². The van der Waals surface area contributed by atoms with Gasteiger partial charge in [-0.3, -0.25) is 9.59 Å². The van der Waals surface area contributed by atoms with Crippen molar-refractivity contribution < 1.29 is 14.3 Å². The molecule has 2 aromatic rings. The first kappa shape index (κ1) is 19.1. The van der Waals surface area contributed by atoms with Crippen LogP contribution >= 0.6 is 11.8 Å². The summed E-state index contributed by atoms with van der Waals surface area (Å²) >= 11 is 1.41. The van der Waals surface area contributed by atoms with Crippen molar-refractivity contribution in [3.05, 3.63) is 65.7 Å². The average Bonchev–Trinajstić information content (AvgIpc) is 2.61. The molecule has 0 bridgehead atoms. The summed E-state index contributed by atoms with van der Waals surface area (Å²) in [5.74, 6) is -0.697. The summed E-state index contributed by atoms with van der Waals surface area (Å²) in [7, 11) is 0. The summed E-state index contributed by atoms with van der Waals surface area (Å²) in [6.07, 6.45) is -0.822. The van der Waals surface area contributed by atoms with Crippen molar-refractivity contribution in [2.75, 3.05) is 0 Å². The van der Waals surface area contributed by atoms with Crippen LogP contribution in [-0.4, -0.2) is 23.2 Å². The number of thioether (sulfide) groups is 1. The van der Waals surface area contributed by atoms with Gasteiger partial charge in [0.05, 0.1) is 0 Å². The Morgan fingerprint density at radius 3 is 2.32 bits per heavy atom. The number of hydrogen-bond donors (Lipinski definition) is 1. The number of esters is 1. The Bertz CT molecular complexity index is 701. The highest BCUT2D eigenvalue weighted by molar-refractivity contribution is 8.00. The number of carbonyl (C=O) groups excluding carboxylic acids is 2. The van der Waals surface area contributed by atoms with E-state index >= 15 is 0 Å². The summed E-state index contributed by atoms with van der Waals surface area (Å²) in [5, 5.41) is 2.41. The Kier molecular flexibility index (Phi) is 7.07. The molecule has 4 nitrogen and oxygen atoms in total. The number of rotatable bonds is 7. The Morgan fingerprint density at radius 1 is 1.04 bits per heavy atom.